The van der Waals surface area contributed by atoms with E-state index in [0.717, 1.165) is 0 Å². The first kappa shape index (κ1) is 13.2. The summed E-state index contributed by atoms with van der Waals surface area (Å²) in [6.45, 7) is 1.28. The van der Waals surface area contributed by atoms with Crippen LogP contribution >= 0.6 is 11.8 Å². The summed E-state index contributed by atoms with van der Waals surface area (Å²) in [5.41, 5.74) is -0.804. The Kier molecular flexibility index (Phi) is 4.09. The topological polar surface area (TPSA) is 41.6 Å². The Morgan fingerprint density at radius 2 is 1.94 bits per heavy atom. The molecule has 5 heteroatoms. The number of carbonyl (C=O) groups is 1. The average Bonchev–Trinajstić information content (AvgIpc) is 2.42. The normalized spacial score (nSPS) is 19.2. The Morgan fingerprint density at radius 3 is 2.50 bits per heavy atom. The van der Waals surface area contributed by atoms with E-state index in [0.29, 0.717) is 31.7 Å². The standard InChI is InChI=1S/C13H17ClN2O2/c1-15-12(17)13(7-9-16(14)10-8-13)18-11-5-3-2-4-6-11/h2-6H,7-10H2,1H3,(H,15,17). The summed E-state index contributed by atoms with van der Waals surface area (Å²) < 4.78 is 7.64. The fourth-order valence-corrected chi connectivity index (χ4v) is 2.33. The summed E-state index contributed by atoms with van der Waals surface area (Å²) in [6, 6.07) is 9.42. The summed E-state index contributed by atoms with van der Waals surface area (Å²) in [5, 5.41) is 2.69. The quantitative estimate of drug-likeness (QED) is 0.850. The van der Waals surface area contributed by atoms with Gasteiger partial charge in [-0.15, -0.1) is 0 Å². The first-order chi connectivity index (χ1) is 8.66. The minimum absolute atomic E-state index is 0.0869. The van der Waals surface area contributed by atoms with Gasteiger partial charge >= 0.3 is 0 Å². The minimum Gasteiger partial charge on any atom is -0.477 e. The molecular weight excluding hydrogens is 252 g/mol. The summed E-state index contributed by atoms with van der Waals surface area (Å²) in [6.07, 6.45) is 1.18. The van der Waals surface area contributed by atoms with Gasteiger partial charge in [-0.3, -0.25) is 4.79 Å². The highest BCUT2D eigenvalue weighted by molar-refractivity contribution is 6.13. The van der Waals surface area contributed by atoms with Crippen LogP contribution in [0.3, 0.4) is 0 Å². The van der Waals surface area contributed by atoms with Crippen LogP contribution in [0.2, 0.25) is 0 Å². The van der Waals surface area contributed by atoms with Crippen LogP contribution in [0.15, 0.2) is 30.3 Å². The molecule has 4 nitrogen and oxygen atoms in total. The maximum absolute atomic E-state index is 12.1. The molecule has 1 aromatic carbocycles. The molecule has 0 unspecified atom stereocenters. The number of hydrogen-bond acceptors (Lipinski definition) is 3. The van der Waals surface area contributed by atoms with Crippen LogP contribution in [-0.4, -0.2) is 36.1 Å². The lowest BCUT2D eigenvalue weighted by Crippen LogP contribution is -2.55. The Hall–Kier alpha value is -1.26. The van der Waals surface area contributed by atoms with E-state index in [9.17, 15) is 4.79 Å². The van der Waals surface area contributed by atoms with Crippen molar-refractivity contribution in [2.45, 2.75) is 18.4 Å². The first-order valence-electron chi connectivity index (χ1n) is 6.03. The number of amides is 1. The van der Waals surface area contributed by atoms with Crippen LogP contribution in [0.5, 0.6) is 5.75 Å². The summed E-state index contributed by atoms with van der Waals surface area (Å²) >= 11 is 5.94. The van der Waals surface area contributed by atoms with E-state index in [1.165, 1.54) is 0 Å². The third kappa shape index (κ3) is 2.76. The van der Waals surface area contributed by atoms with Gasteiger partial charge in [-0.05, 0) is 23.9 Å². The zero-order valence-corrected chi connectivity index (χ0v) is 11.1. The van der Waals surface area contributed by atoms with Crippen LogP contribution in [0.4, 0.5) is 0 Å². The third-order valence-electron chi connectivity index (χ3n) is 3.21. The number of hydrogen-bond donors (Lipinski definition) is 1. The smallest absolute Gasteiger partial charge is 0.264 e. The SMILES string of the molecule is CNC(=O)C1(Oc2ccccc2)CCN(Cl)CC1. The molecular formula is C13H17ClN2O2. The van der Waals surface area contributed by atoms with Gasteiger partial charge in [-0.1, -0.05) is 18.2 Å². The molecule has 0 bridgehead atoms. The van der Waals surface area contributed by atoms with Crippen molar-refractivity contribution in [1.29, 1.82) is 0 Å². The largest absolute Gasteiger partial charge is 0.477 e. The number of likely N-dealkylation sites (N-methyl/N-ethyl adjacent to an activating group) is 1. The number of benzene rings is 1. The average molecular weight is 269 g/mol. The van der Waals surface area contributed by atoms with Crippen LogP contribution in [0.1, 0.15) is 12.8 Å². The molecule has 1 saturated heterocycles. The molecule has 0 radical (unpaired) electrons. The Labute approximate surface area is 112 Å². The molecule has 0 saturated carbocycles. The molecule has 98 valence electrons. The Bertz CT molecular complexity index is 403. The molecule has 1 aromatic rings. The van der Waals surface area contributed by atoms with Crippen molar-refractivity contribution in [1.82, 2.24) is 9.74 Å². The highest BCUT2D eigenvalue weighted by Gasteiger charge is 2.43. The van der Waals surface area contributed by atoms with Gasteiger partial charge < -0.3 is 10.1 Å². The summed E-state index contributed by atoms with van der Waals surface area (Å²) in [7, 11) is 1.63. The van der Waals surface area contributed by atoms with Crippen molar-refractivity contribution < 1.29 is 9.53 Å². The van der Waals surface area contributed by atoms with Crippen molar-refractivity contribution in [3.05, 3.63) is 30.3 Å². The zero-order chi connectivity index (χ0) is 13.0. The maximum Gasteiger partial charge on any atom is 0.264 e. The number of rotatable bonds is 3. The second kappa shape index (κ2) is 5.59. The van der Waals surface area contributed by atoms with Gasteiger partial charge in [0.2, 0.25) is 0 Å². The number of halogens is 1. The second-order valence-electron chi connectivity index (χ2n) is 4.40. The van der Waals surface area contributed by atoms with Crippen LogP contribution in [0, 0.1) is 0 Å². The molecule has 1 heterocycles. The summed E-state index contributed by atoms with van der Waals surface area (Å²) in [4.78, 5) is 12.1. The number of para-hydroxylation sites is 1. The molecule has 0 aromatic heterocycles. The van der Waals surface area contributed by atoms with Gasteiger partial charge in [0, 0.05) is 33.0 Å². The predicted molar refractivity (Wildman–Crippen MR) is 70.5 cm³/mol. The highest BCUT2D eigenvalue weighted by atomic mass is 35.5. The van der Waals surface area contributed by atoms with Gasteiger partial charge in [0.25, 0.3) is 5.91 Å². The van der Waals surface area contributed by atoms with E-state index in [4.69, 9.17) is 16.5 Å². The number of nitrogens with zero attached hydrogens (tertiary/aromatic N) is 1. The van der Waals surface area contributed by atoms with Gasteiger partial charge in [0.1, 0.15) is 5.75 Å². The van der Waals surface area contributed by atoms with E-state index in [-0.39, 0.29) is 5.91 Å². The predicted octanol–water partition coefficient (Wildman–Crippen LogP) is 1.80. The second-order valence-corrected chi connectivity index (χ2v) is 4.88. The Morgan fingerprint density at radius 1 is 1.33 bits per heavy atom. The molecule has 1 fully saturated rings. The maximum atomic E-state index is 12.1. The molecule has 18 heavy (non-hydrogen) atoms. The minimum atomic E-state index is -0.804. The van der Waals surface area contributed by atoms with E-state index in [1.807, 2.05) is 30.3 Å². The van der Waals surface area contributed by atoms with Crippen LogP contribution in [0.25, 0.3) is 0 Å². The molecule has 0 spiro atoms. The number of ether oxygens (including phenoxy) is 1. The molecule has 2 rings (SSSR count). The number of nitrogens with one attached hydrogen (secondary N) is 1. The fourth-order valence-electron chi connectivity index (χ4n) is 2.16. The van der Waals surface area contributed by atoms with E-state index < -0.39 is 5.60 Å². The zero-order valence-electron chi connectivity index (χ0n) is 10.4. The van der Waals surface area contributed by atoms with E-state index >= 15 is 0 Å². The van der Waals surface area contributed by atoms with Crippen LogP contribution < -0.4 is 10.1 Å². The Balaban J connectivity index is 2.18. The molecule has 0 atom stereocenters. The van der Waals surface area contributed by atoms with Gasteiger partial charge in [0.05, 0.1) is 0 Å². The van der Waals surface area contributed by atoms with E-state index in [2.05, 4.69) is 5.32 Å². The lowest BCUT2D eigenvalue weighted by molar-refractivity contribution is -0.139. The lowest BCUT2D eigenvalue weighted by Gasteiger charge is -2.38. The molecule has 1 N–H and O–H groups in total. The monoisotopic (exact) mass is 268 g/mol. The number of carbonyl (C=O) groups excluding carboxylic acids is 1. The van der Waals surface area contributed by atoms with Crippen molar-refractivity contribution >= 4 is 17.7 Å². The first-order valence-corrected chi connectivity index (χ1v) is 6.37. The highest BCUT2D eigenvalue weighted by Crippen LogP contribution is 2.29. The summed E-state index contributed by atoms with van der Waals surface area (Å²) in [5.74, 6) is 0.625. The fraction of sp³-hybridized carbons (Fsp3) is 0.462. The molecule has 0 aliphatic carbocycles. The van der Waals surface area contributed by atoms with Crippen molar-refractivity contribution in [2.24, 2.45) is 0 Å². The van der Waals surface area contributed by atoms with E-state index in [1.54, 1.807) is 11.5 Å². The van der Waals surface area contributed by atoms with Gasteiger partial charge in [-0.2, -0.15) is 0 Å². The molecule has 1 aliphatic heterocycles. The molecule has 1 amide bonds. The molecule has 1 aliphatic rings. The lowest BCUT2D eigenvalue weighted by atomic mass is 9.91. The van der Waals surface area contributed by atoms with Crippen molar-refractivity contribution in [2.75, 3.05) is 20.1 Å². The van der Waals surface area contributed by atoms with Gasteiger partial charge in [0.15, 0.2) is 5.60 Å². The van der Waals surface area contributed by atoms with Crippen molar-refractivity contribution in [3.63, 3.8) is 0 Å². The number of piperidine rings is 1. The van der Waals surface area contributed by atoms with Crippen LogP contribution in [-0.2, 0) is 4.79 Å². The van der Waals surface area contributed by atoms with Crippen molar-refractivity contribution in [3.8, 4) is 5.75 Å². The van der Waals surface area contributed by atoms with Gasteiger partial charge in [-0.25, -0.2) is 4.42 Å². The third-order valence-corrected chi connectivity index (χ3v) is 3.55.